The van der Waals surface area contributed by atoms with E-state index < -0.39 is 0 Å². The predicted octanol–water partition coefficient (Wildman–Crippen LogP) is 8.50. The maximum Gasteiger partial charge on any atom is -0.0266 e. The van der Waals surface area contributed by atoms with Gasteiger partial charge in [-0.05, 0) is 116 Å². The fraction of sp³-hybridized carbons (Fsp3) is 1.00. The van der Waals surface area contributed by atoms with Crippen molar-refractivity contribution >= 4 is 0 Å². The van der Waals surface area contributed by atoms with Crippen LogP contribution in [0, 0.1) is 52.3 Å². The zero-order chi connectivity index (χ0) is 19.2. The lowest BCUT2D eigenvalue weighted by molar-refractivity contribution is -0.118. The summed E-state index contributed by atoms with van der Waals surface area (Å²) in [5.74, 6) is 7.26. The third-order valence-corrected chi connectivity index (χ3v) is 10.9. The molecule has 4 aliphatic rings. The highest BCUT2D eigenvalue weighted by molar-refractivity contribution is 5.09. The van der Waals surface area contributed by atoms with Crippen LogP contribution < -0.4 is 0 Å². The van der Waals surface area contributed by atoms with E-state index in [1.54, 1.807) is 51.4 Å². The molecule has 0 aromatic rings. The molecule has 4 fully saturated rings. The Kier molecular flexibility index (Phi) is 5.77. The van der Waals surface area contributed by atoms with Crippen LogP contribution in [0.15, 0.2) is 0 Å². The van der Waals surface area contributed by atoms with Gasteiger partial charge >= 0.3 is 0 Å². The second kappa shape index (κ2) is 7.68. The Morgan fingerprint density at radius 2 is 1.59 bits per heavy atom. The summed E-state index contributed by atoms with van der Waals surface area (Å²) in [5.41, 5.74) is 1.40. The molecule has 8 unspecified atom stereocenters. The van der Waals surface area contributed by atoms with Gasteiger partial charge in [0.25, 0.3) is 0 Å². The van der Waals surface area contributed by atoms with Crippen molar-refractivity contribution in [2.75, 3.05) is 0 Å². The molecule has 8 atom stereocenters. The lowest BCUT2D eigenvalue weighted by atomic mass is 9.44. The lowest BCUT2D eigenvalue weighted by Gasteiger charge is -2.61. The predicted molar refractivity (Wildman–Crippen MR) is 118 cm³/mol. The smallest absolute Gasteiger partial charge is 0.0266 e. The highest BCUT2D eigenvalue weighted by atomic mass is 14.6. The Labute approximate surface area is 170 Å². The summed E-state index contributed by atoms with van der Waals surface area (Å²) in [6.07, 6.45) is 20.0. The second-order valence-electron chi connectivity index (χ2n) is 12.3. The molecule has 4 saturated carbocycles. The van der Waals surface area contributed by atoms with E-state index in [1.165, 1.54) is 32.1 Å². The molecule has 156 valence electrons. The van der Waals surface area contributed by atoms with E-state index >= 15 is 0 Å². The van der Waals surface area contributed by atoms with Crippen LogP contribution in [0.25, 0.3) is 0 Å². The maximum absolute atomic E-state index is 2.75. The van der Waals surface area contributed by atoms with Crippen molar-refractivity contribution in [2.45, 2.75) is 118 Å². The molecule has 0 radical (unpaired) electrons. The molecule has 0 heterocycles. The normalized spacial score (nSPS) is 49.6. The van der Waals surface area contributed by atoms with Crippen molar-refractivity contribution in [2.24, 2.45) is 52.3 Å². The van der Waals surface area contributed by atoms with Gasteiger partial charge in [0.15, 0.2) is 0 Å². The monoisotopic (exact) mass is 372 g/mol. The van der Waals surface area contributed by atoms with Gasteiger partial charge in [0.1, 0.15) is 0 Å². The second-order valence-corrected chi connectivity index (χ2v) is 12.3. The van der Waals surface area contributed by atoms with E-state index in [4.69, 9.17) is 0 Å². The zero-order valence-electron chi connectivity index (χ0n) is 19.2. The average molecular weight is 373 g/mol. The van der Waals surface area contributed by atoms with E-state index in [9.17, 15) is 0 Å². The Morgan fingerprint density at radius 1 is 0.852 bits per heavy atom. The number of fused-ring (bicyclic) bond motifs is 5. The van der Waals surface area contributed by atoms with Crippen LogP contribution in [0.1, 0.15) is 118 Å². The molecule has 27 heavy (non-hydrogen) atoms. The zero-order valence-corrected chi connectivity index (χ0v) is 19.2. The van der Waals surface area contributed by atoms with Gasteiger partial charge in [0, 0.05) is 0 Å². The largest absolute Gasteiger partial charge is 0.0651 e. The molecule has 0 aromatic heterocycles. The third kappa shape index (κ3) is 3.44. The van der Waals surface area contributed by atoms with Gasteiger partial charge < -0.3 is 0 Å². The summed E-state index contributed by atoms with van der Waals surface area (Å²) in [6.45, 7) is 12.7. The molecule has 0 bridgehead atoms. The summed E-state index contributed by atoms with van der Waals surface area (Å²) < 4.78 is 0. The molecule has 0 aromatic carbocycles. The molecule has 0 saturated heterocycles. The first-order valence-electron chi connectivity index (χ1n) is 12.9. The summed E-state index contributed by atoms with van der Waals surface area (Å²) in [7, 11) is 0. The van der Waals surface area contributed by atoms with Gasteiger partial charge in [-0.2, -0.15) is 0 Å². The van der Waals surface area contributed by atoms with E-state index in [-0.39, 0.29) is 0 Å². The maximum atomic E-state index is 2.75. The summed E-state index contributed by atoms with van der Waals surface area (Å²) in [6, 6.07) is 0. The summed E-state index contributed by atoms with van der Waals surface area (Å²) in [4.78, 5) is 0. The fourth-order valence-electron chi connectivity index (χ4n) is 9.07. The van der Waals surface area contributed by atoms with Gasteiger partial charge in [-0.25, -0.2) is 0 Å². The number of hydrogen-bond acceptors (Lipinski definition) is 0. The van der Waals surface area contributed by atoms with Crippen LogP contribution in [-0.2, 0) is 0 Å². The molecular weight excluding hydrogens is 324 g/mol. The number of rotatable bonds is 5. The SMILES string of the molecule is CCC1CCC2(C)C(CCC3C4CCC(CCCC(C)C)C4(C)CCC32)C1. The van der Waals surface area contributed by atoms with E-state index in [0.717, 1.165) is 41.4 Å². The Balaban J connectivity index is 1.46. The molecular formula is C27H48. The minimum Gasteiger partial charge on any atom is -0.0651 e. The van der Waals surface area contributed by atoms with Crippen LogP contribution in [-0.4, -0.2) is 0 Å². The Hall–Kier alpha value is 0. The van der Waals surface area contributed by atoms with Gasteiger partial charge in [-0.3, -0.25) is 0 Å². The topological polar surface area (TPSA) is 0 Å². The first kappa shape index (κ1) is 20.3. The first-order chi connectivity index (χ1) is 12.9. The molecule has 4 rings (SSSR count). The Bertz CT molecular complexity index is 506. The summed E-state index contributed by atoms with van der Waals surface area (Å²) >= 11 is 0. The first-order valence-corrected chi connectivity index (χ1v) is 12.9. The minimum atomic E-state index is 0.696. The Morgan fingerprint density at radius 3 is 2.33 bits per heavy atom. The fourth-order valence-corrected chi connectivity index (χ4v) is 9.07. The molecule has 0 nitrogen and oxygen atoms in total. The minimum absolute atomic E-state index is 0.696. The molecule has 0 spiro atoms. The van der Waals surface area contributed by atoms with Crippen LogP contribution in [0.2, 0.25) is 0 Å². The molecule has 4 aliphatic carbocycles. The van der Waals surface area contributed by atoms with Gasteiger partial charge in [-0.15, -0.1) is 0 Å². The highest BCUT2D eigenvalue weighted by Gasteiger charge is 2.59. The molecule has 0 heteroatoms. The van der Waals surface area contributed by atoms with Gasteiger partial charge in [-0.1, -0.05) is 53.9 Å². The van der Waals surface area contributed by atoms with Crippen LogP contribution >= 0.6 is 0 Å². The molecule has 0 amide bonds. The van der Waals surface area contributed by atoms with Crippen molar-refractivity contribution in [1.29, 1.82) is 0 Å². The summed E-state index contributed by atoms with van der Waals surface area (Å²) in [5, 5.41) is 0. The number of hydrogen-bond donors (Lipinski definition) is 0. The average Bonchev–Trinajstić information content (AvgIpc) is 2.97. The quantitative estimate of drug-likeness (QED) is 0.453. The standard InChI is InChI=1S/C27H48/c1-6-20-14-16-27(5)22(18-20)10-12-23-24-13-11-21(9-7-8-19(2)3)26(24,4)17-15-25(23)27/h19-25H,6-18H2,1-5H3. The van der Waals surface area contributed by atoms with Crippen molar-refractivity contribution in [3.05, 3.63) is 0 Å². The lowest BCUT2D eigenvalue weighted by Crippen LogP contribution is -2.53. The van der Waals surface area contributed by atoms with Crippen LogP contribution in [0.3, 0.4) is 0 Å². The van der Waals surface area contributed by atoms with E-state index in [0.29, 0.717) is 10.8 Å². The van der Waals surface area contributed by atoms with Crippen molar-refractivity contribution in [3.8, 4) is 0 Å². The van der Waals surface area contributed by atoms with Crippen LogP contribution in [0.4, 0.5) is 0 Å². The highest BCUT2D eigenvalue weighted by Crippen LogP contribution is 2.68. The molecule has 0 N–H and O–H groups in total. The van der Waals surface area contributed by atoms with Crippen LogP contribution in [0.5, 0.6) is 0 Å². The van der Waals surface area contributed by atoms with Crippen molar-refractivity contribution in [3.63, 3.8) is 0 Å². The van der Waals surface area contributed by atoms with Crippen molar-refractivity contribution in [1.82, 2.24) is 0 Å². The molecule has 0 aliphatic heterocycles. The van der Waals surface area contributed by atoms with Gasteiger partial charge in [0.2, 0.25) is 0 Å². The van der Waals surface area contributed by atoms with E-state index in [1.807, 2.05) is 0 Å². The van der Waals surface area contributed by atoms with Gasteiger partial charge in [0.05, 0.1) is 0 Å². The van der Waals surface area contributed by atoms with E-state index in [2.05, 4.69) is 34.6 Å². The third-order valence-electron chi connectivity index (χ3n) is 10.9. The van der Waals surface area contributed by atoms with Crippen molar-refractivity contribution < 1.29 is 0 Å².